The van der Waals surface area contributed by atoms with E-state index in [9.17, 15) is 32.3 Å². The second-order valence-corrected chi connectivity index (χ2v) is 9.67. The molecular formula is C29H24F3N3O7. The van der Waals surface area contributed by atoms with E-state index in [-0.39, 0.29) is 54.7 Å². The summed E-state index contributed by atoms with van der Waals surface area (Å²) in [7, 11) is 1.38. The van der Waals surface area contributed by atoms with Crippen molar-refractivity contribution in [3.05, 3.63) is 82.2 Å². The van der Waals surface area contributed by atoms with Gasteiger partial charge in [-0.2, -0.15) is 0 Å². The summed E-state index contributed by atoms with van der Waals surface area (Å²) in [6, 6.07) is 8.42. The first kappa shape index (κ1) is 28.5. The number of fused-ring (bicyclic) bond motifs is 1. The van der Waals surface area contributed by atoms with Gasteiger partial charge in [0.1, 0.15) is 29.9 Å². The maximum absolute atomic E-state index is 13.5. The Morgan fingerprint density at radius 1 is 1.05 bits per heavy atom. The van der Waals surface area contributed by atoms with Gasteiger partial charge in [-0.1, -0.05) is 12.1 Å². The summed E-state index contributed by atoms with van der Waals surface area (Å²) in [5, 5.41) is 4.84. The molecule has 0 bridgehead atoms. The third kappa shape index (κ3) is 5.57. The van der Waals surface area contributed by atoms with Crippen LogP contribution < -0.4 is 20.1 Å². The van der Waals surface area contributed by atoms with Crippen molar-refractivity contribution in [1.82, 2.24) is 10.2 Å². The molecule has 1 atom stereocenters. The van der Waals surface area contributed by atoms with Gasteiger partial charge in [0.2, 0.25) is 11.8 Å². The first-order valence-corrected chi connectivity index (χ1v) is 12.8. The number of anilines is 1. The van der Waals surface area contributed by atoms with Gasteiger partial charge in [0.25, 0.3) is 5.91 Å². The second-order valence-electron chi connectivity index (χ2n) is 9.67. The van der Waals surface area contributed by atoms with E-state index in [2.05, 4.69) is 10.6 Å². The number of imide groups is 1. The number of carbonyl (C=O) groups is 4. The Kier molecular flexibility index (Phi) is 7.74. The number of halogens is 3. The smallest absolute Gasteiger partial charge is 0.411 e. The molecule has 0 spiro atoms. The van der Waals surface area contributed by atoms with Crippen LogP contribution in [0.25, 0.3) is 0 Å². The number of nitrogens with zero attached hydrogens (tertiary/aromatic N) is 1. The Morgan fingerprint density at radius 3 is 2.45 bits per heavy atom. The molecule has 2 aliphatic rings. The van der Waals surface area contributed by atoms with E-state index in [0.29, 0.717) is 34.5 Å². The average Bonchev–Trinajstić information content (AvgIpc) is 3.27. The van der Waals surface area contributed by atoms with E-state index in [1.54, 1.807) is 19.1 Å². The molecule has 13 heteroatoms. The molecule has 0 saturated carbocycles. The van der Waals surface area contributed by atoms with Crippen molar-refractivity contribution >= 4 is 29.5 Å². The number of carbonyl (C=O) groups excluding carboxylic acids is 4. The molecule has 3 aromatic carbocycles. The molecule has 10 nitrogen and oxygen atoms in total. The zero-order chi connectivity index (χ0) is 30.1. The predicted molar refractivity (Wildman–Crippen MR) is 140 cm³/mol. The fourth-order valence-electron chi connectivity index (χ4n) is 4.87. The van der Waals surface area contributed by atoms with Crippen LogP contribution in [-0.2, 0) is 27.5 Å². The Bertz CT molecular complexity index is 1610. The summed E-state index contributed by atoms with van der Waals surface area (Å²) in [5.41, 5.74) is 2.21. The number of ether oxygens (including phenoxy) is 3. The fourth-order valence-corrected chi connectivity index (χ4v) is 4.87. The summed E-state index contributed by atoms with van der Waals surface area (Å²) >= 11 is 0. The first-order chi connectivity index (χ1) is 20.0. The third-order valence-electron chi connectivity index (χ3n) is 6.92. The minimum atomic E-state index is -1.60. The topological polar surface area (TPSA) is 123 Å². The van der Waals surface area contributed by atoms with Gasteiger partial charge in [-0.25, -0.2) is 18.0 Å². The highest BCUT2D eigenvalue weighted by Gasteiger charge is 2.41. The maximum atomic E-state index is 13.5. The van der Waals surface area contributed by atoms with Crippen LogP contribution in [0.5, 0.6) is 17.2 Å². The van der Waals surface area contributed by atoms with Gasteiger partial charge in [-0.15, -0.1) is 0 Å². The molecule has 42 heavy (non-hydrogen) atoms. The number of amides is 4. The third-order valence-corrected chi connectivity index (χ3v) is 6.92. The molecule has 0 aromatic heterocycles. The molecular weight excluding hydrogens is 559 g/mol. The standard InChI is InChI=1S/C29H24F3N3O7/c1-14-9-17(42-18-10-19(30)25(32)20(31)11-18)5-6-21(14)33-29(39)41-13-16-4-3-15-12-35(28(38)24(15)26(16)40-2)22-7-8-23(36)34-27(22)37/h3-6,9-11,22H,7-8,12-13H2,1-2H3,(H,33,39)(H,34,36,37). The van der Waals surface area contributed by atoms with Gasteiger partial charge in [0, 0.05) is 36.3 Å². The number of rotatable bonds is 7. The number of hydrogen-bond donors (Lipinski definition) is 2. The lowest BCUT2D eigenvalue weighted by atomic mass is 10.0. The van der Waals surface area contributed by atoms with E-state index in [4.69, 9.17) is 14.2 Å². The van der Waals surface area contributed by atoms with Gasteiger partial charge in [0.15, 0.2) is 17.5 Å². The van der Waals surface area contributed by atoms with Crippen molar-refractivity contribution in [1.29, 1.82) is 0 Å². The van der Waals surface area contributed by atoms with E-state index in [1.165, 1.54) is 30.2 Å². The number of methoxy groups -OCH3 is 1. The molecule has 2 heterocycles. The average molecular weight is 584 g/mol. The molecule has 1 fully saturated rings. The van der Waals surface area contributed by atoms with Crippen LogP contribution in [0.3, 0.4) is 0 Å². The largest absolute Gasteiger partial charge is 0.495 e. The summed E-state index contributed by atoms with van der Waals surface area (Å²) in [4.78, 5) is 51.1. The predicted octanol–water partition coefficient (Wildman–Crippen LogP) is 4.72. The molecule has 2 N–H and O–H groups in total. The van der Waals surface area contributed by atoms with Gasteiger partial charge in [-0.3, -0.25) is 25.0 Å². The lowest BCUT2D eigenvalue weighted by Crippen LogP contribution is -2.52. The highest BCUT2D eigenvalue weighted by atomic mass is 19.2. The Balaban J connectivity index is 1.23. The quantitative estimate of drug-likeness (QED) is 0.305. The van der Waals surface area contributed by atoms with E-state index in [0.717, 1.165) is 0 Å². The molecule has 218 valence electrons. The van der Waals surface area contributed by atoms with Crippen LogP contribution in [0, 0.1) is 24.4 Å². The molecule has 1 saturated heterocycles. The molecule has 1 unspecified atom stereocenters. The lowest BCUT2D eigenvalue weighted by molar-refractivity contribution is -0.136. The van der Waals surface area contributed by atoms with Crippen molar-refractivity contribution in [3.8, 4) is 17.2 Å². The highest BCUT2D eigenvalue weighted by molar-refractivity contribution is 6.06. The van der Waals surface area contributed by atoms with Gasteiger partial charge < -0.3 is 19.1 Å². The molecule has 5 rings (SSSR count). The minimum Gasteiger partial charge on any atom is -0.495 e. The van der Waals surface area contributed by atoms with Crippen LogP contribution in [0.15, 0.2) is 42.5 Å². The summed E-state index contributed by atoms with van der Waals surface area (Å²) in [6.07, 6.45) is -0.460. The van der Waals surface area contributed by atoms with Crippen LogP contribution >= 0.6 is 0 Å². The Morgan fingerprint density at radius 2 is 1.79 bits per heavy atom. The molecule has 4 amide bonds. The zero-order valence-corrected chi connectivity index (χ0v) is 22.4. The fraction of sp³-hybridized carbons (Fsp3) is 0.241. The van der Waals surface area contributed by atoms with Crippen LogP contribution in [-0.4, -0.2) is 41.9 Å². The normalized spacial score (nSPS) is 16.2. The van der Waals surface area contributed by atoms with E-state index >= 15 is 0 Å². The monoisotopic (exact) mass is 583 g/mol. The van der Waals surface area contributed by atoms with Crippen molar-refractivity contribution in [2.45, 2.75) is 39.0 Å². The number of nitrogens with one attached hydrogen (secondary N) is 2. The van der Waals surface area contributed by atoms with E-state index < -0.39 is 41.4 Å². The first-order valence-electron chi connectivity index (χ1n) is 12.8. The minimum absolute atomic E-state index is 0.130. The SMILES string of the molecule is COc1c(COC(=O)Nc2ccc(Oc3cc(F)c(F)c(F)c3)cc2C)ccc2c1C(=O)N(C1CCC(=O)NC1=O)C2. The Hall–Kier alpha value is -5.07. The van der Waals surface area contributed by atoms with Crippen LogP contribution in [0.2, 0.25) is 0 Å². The number of hydrogen-bond acceptors (Lipinski definition) is 7. The molecule has 0 radical (unpaired) electrons. The van der Waals surface area contributed by atoms with Crippen LogP contribution in [0.4, 0.5) is 23.7 Å². The Labute approximate surface area is 237 Å². The van der Waals surface area contributed by atoms with Crippen LogP contribution in [0.1, 0.15) is 39.9 Å². The molecule has 0 aliphatic carbocycles. The summed E-state index contributed by atoms with van der Waals surface area (Å²) in [6.45, 7) is 1.58. The highest BCUT2D eigenvalue weighted by Crippen LogP contribution is 2.36. The van der Waals surface area contributed by atoms with Crippen molar-refractivity contribution in [3.63, 3.8) is 0 Å². The molecule has 3 aromatic rings. The van der Waals surface area contributed by atoms with Gasteiger partial charge >= 0.3 is 6.09 Å². The van der Waals surface area contributed by atoms with E-state index in [1.807, 2.05) is 0 Å². The maximum Gasteiger partial charge on any atom is 0.411 e. The van der Waals surface area contributed by atoms with Gasteiger partial charge in [0.05, 0.1) is 12.7 Å². The zero-order valence-electron chi connectivity index (χ0n) is 22.4. The van der Waals surface area contributed by atoms with Crippen molar-refractivity contribution in [2.24, 2.45) is 0 Å². The van der Waals surface area contributed by atoms with Crippen molar-refractivity contribution in [2.75, 3.05) is 12.4 Å². The van der Waals surface area contributed by atoms with Crippen molar-refractivity contribution < 1.29 is 46.6 Å². The number of benzene rings is 3. The number of piperidine rings is 1. The summed E-state index contributed by atoms with van der Waals surface area (Å²) in [5.74, 6) is -5.55. The summed E-state index contributed by atoms with van der Waals surface area (Å²) < 4.78 is 56.4. The molecule has 2 aliphatic heterocycles. The number of aryl methyl sites for hydroxylation is 1. The lowest BCUT2D eigenvalue weighted by Gasteiger charge is -2.29. The van der Waals surface area contributed by atoms with Gasteiger partial charge in [-0.05, 0) is 42.7 Å². The second kappa shape index (κ2) is 11.4.